The van der Waals surface area contributed by atoms with E-state index >= 15 is 0 Å². The Labute approximate surface area is 374 Å². The second-order valence-corrected chi connectivity index (χ2v) is 17.9. The average molecular weight is 896 g/mol. The van der Waals surface area contributed by atoms with Crippen LogP contribution in [0.3, 0.4) is 0 Å². The number of hydrogen-bond acceptors (Lipinski definition) is 10. The molecule has 6 fully saturated rings. The van der Waals surface area contributed by atoms with Crippen LogP contribution in [-0.4, -0.2) is 112 Å². The predicted molar refractivity (Wildman–Crippen MR) is 238 cm³/mol. The van der Waals surface area contributed by atoms with Crippen molar-refractivity contribution in [3.63, 3.8) is 0 Å². The third-order valence-electron chi connectivity index (χ3n) is 13.4. The fraction of sp³-hybridized carbons (Fsp3) is 0.362. The van der Waals surface area contributed by atoms with Gasteiger partial charge in [0.05, 0.1) is 34.5 Å². The van der Waals surface area contributed by atoms with Gasteiger partial charge in [-0.2, -0.15) is 0 Å². The number of piperazine rings is 2. The summed E-state index contributed by atoms with van der Waals surface area (Å²) in [6.07, 6.45) is 6.76. The zero-order chi connectivity index (χ0) is 43.4. The van der Waals surface area contributed by atoms with E-state index in [1.807, 2.05) is 48.5 Å². The number of aromatic hydroxyl groups is 1. The SMILES string of the molecule is O=C1C(N2C[C@@H]3C[C@H]2CN3c2ccc(O)cn2)CCN1c1ccc(Cl)c(F)c1.O=C1C(N2C[C@@H]3C[C@H]2CN3c2ccc(OCc3ccccc3)cn2)CCN1c1ccc(Cl)c(F)c1. The maximum absolute atomic E-state index is 13.9. The van der Waals surface area contributed by atoms with Crippen molar-refractivity contribution in [3.05, 3.63) is 131 Å². The molecule has 63 heavy (non-hydrogen) atoms. The van der Waals surface area contributed by atoms with Crippen LogP contribution < -0.4 is 24.3 Å². The first-order valence-corrected chi connectivity index (χ1v) is 22.2. The van der Waals surface area contributed by atoms with E-state index in [0.717, 1.165) is 74.8 Å². The maximum Gasteiger partial charge on any atom is 0.244 e. The number of carbonyl (C=O) groups excluding carboxylic acids is 2. The highest BCUT2D eigenvalue weighted by molar-refractivity contribution is 6.31. The molecule has 326 valence electrons. The number of rotatable bonds is 9. The lowest BCUT2D eigenvalue weighted by molar-refractivity contribution is -0.122. The number of anilines is 4. The summed E-state index contributed by atoms with van der Waals surface area (Å²) in [7, 11) is 0. The standard InChI is InChI=1S/C27H26ClFN4O2.C20H20ClFN4O2/c28-23-8-6-19(13-24(23)29)31-11-10-25(27(31)34)32-15-21-12-20(32)16-33(21)26-9-7-22(14-30-26)35-17-18-4-2-1-3-5-18;21-16-3-1-12(8-17(16)22)24-6-5-18(20(24)28)25-10-14-7-13(25)11-26(14)19-4-2-15(27)9-23-19/h1-9,13-14,20-21,25H,10-12,15-17H2;1-4,8-9,13-14,18,27H,5-7,10-11H2/t20-,21-,25?;13-,14-,18?/m00/s1. The number of nitrogens with zero attached hydrogens (tertiary/aromatic N) is 8. The normalized spacial score (nSPS) is 25.4. The van der Waals surface area contributed by atoms with E-state index in [4.69, 9.17) is 27.9 Å². The average Bonchev–Trinajstić information content (AvgIpc) is 4.18. The van der Waals surface area contributed by atoms with Gasteiger partial charge < -0.3 is 29.4 Å². The number of fused-ring (bicyclic) bond motifs is 4. The van der Waals surface area contributed by atoms with Crippen molar-refractivity contribution in [2.75, 3.05) is 58.9 Å². The van der Waals surface area contributed by atoms with Crippen LogP contribution in [0.25, 0.3) is 0 Å². The summed E-state index contributed by atoms with van der Waals surface area (Å²) in [5.41, 5.74) is 2.26. The van der Waals surface area contributed by atoms with E-state index in [2.05, 4.69) is 29.6 Å². The number of likely N-dealkylation sites (tertiary alicyclic amines) is 2. The molecule has 5 aromatic rings. The summed E-state index contributed by atoms with van der Waals surface area (Å²) >= 11 is 11.6. The lowest BCUT2D eigenvalue weighted by Gasteiger charge is -2.37. The Morgan fingerprint density at radius 2 is 1.16 bits per heavy atom. The van der Waals surface area contributed by atoms with Crippen LogP contribution in [0, 0.1) is 11.6 Å². The summed E-state index contributed by atoms with van der Waals surface area (Å²) in [5.74, 6) is 1.78. The first-order chi connectivity index (χ1) is 30.6. The quantitative estimate of drug-likeness (QED) is 0.164. The molecule has 0 spiro atoms. The molecule has 2 aromatic heterocycles. The van der Waals surface area contributed by atoms with Gasteiger partial charge in [-0.3, -0.25) is 19.4 Å². The molecule has 2 amide bonds. The van der Waals surface area contributed by atoms with Crippen LogP contribution in [0.4, 0.5) is 31.8 Å². The third-order valence-corrected chi connectivity index (χ3v) is 14.1. The number of halogens is 4. The van der Waals surface area contributed by atoms with Crippen LogP contribution in [0.15, 0.2) is 103 Å². The number of hydrogen-bond donors (Lipinski definition) is 1. The molecule has 3 aromatic carbocycles. The van der Waals surface area contributed by atoms with E-state index in [1.165, 1.54) is 30.5 Å². The van der Waals surface area contributed by atoms with E-state index in [-0.39, 0.29) is 39.7 Å². The van der Waals surface area contributed by atoms with Crippen molar-refractivity contribution in [2.24, 2.45) is 0 Å². The molecule has 6 aliphatic heterocycles. The van der Waals surface area contributed by atoms with E-state index < -0.39 is 11.6 Å². The highest BCUT2D eigenvalue weighted by atomic mass is 35.5. The molecule has 2 unspecified atom stereocenters. The Balaban J connectivity index is 0.000000153. The Morgan fingerprint density at radius 3 is 1.60 bits per heavy atom. The molecule has 16 heteroatoms. The molecule has 4 bridgehead atoms. The highest BCUT2D eigenvalue weighted by Crippen LogP contribution is 2.40. The first-order valence-electron chi connectivity index (χ1n) is 21.4. The van der Waals surface area contributed by atoms with Gasteiger partial charge in [0.1, 0.15) is 41.4 Å². The molecule has 11 rings (SSSR count). The molecule has 6 aliphatic rings. The zero-order valence-corrected chi connectivity index (χ0v) is 35.8. The third kappa shape index (κ3) is 8.14. The minimum atomic E-state index is -0.507. The highest BCUT2D eigenvalue weighted by Gasteiger charge is 2.51. The minimum absolute atomic E-state index is 0.0311. The molecule has 12 nitrogen and oxygen atoms in total. The van der Waals surface area contributed by atoms with Crippen molar-refractivity contribution < 1.29 is 28.2 Å². The van der Waals surface area contributed by atoms with Gasteiger partial charge in [0, 0.05) is 74.8 Å². The molecular formula is C47H46Cl2F2N8O4. The van der Waals surface area contributed by atoms with E-state index in [1.54, 1.807) is 34.2 Å². The second-order valence-electron chi connectivity index (χ2n) is 17.1. The topological polar surface area (TPSA) is 109 Å². The molecule has 1 N–H and O–H groups in total. The van der Waals surface area contributed by atoms with E-state index in [0.29, 0.717) is 55.2 Å². The monoisotopic (exact) mass is 894 g/mol. The van der Waals surface area contributed by atoms with Crippen LogP contribution in [-0.2, 0) is 16.2 Å². The van der Waals surface area contributed by atoms with Gasteiger partial charge in [-0.05, 0) is 91.9 Å². The molecular weight excluding hydrogens is 849 g/mol. The summed E-state index contributed by atoms with van der Waals surface area (Å²) in [6.45, 7) is 5.00. The van der Waals surface area contributed by atoms with Crippen LogP contribution >= 0.6 is 23.2 Å². The summed E-state index contributed by atoms with van der Waals surface area (Å²) in [5, 5.41) is 9.56. The van der Waals surface area contributed by atoms with Gasteiger partial charge in [-0.25, -0.2) is 18.7 Å². The molecule has 0 radical (unpaired) electrons. The fourth-order valence-corrected chi connectivity index (χ4v) is 10.6. The minimum Gasteiger partial charge on any atom is -0.506 e. The van der Waals surface area contributed by atoms with Gasteiger partial charge in [0.2, 0.25) is 11.8 Å². The molecule has 0 aliphatic carbocycles. The van der Waals surface area contributed by atoms with Gasteiger partial charge in [0.25, 0.3) is 0 Å². The lowest BCUT2D eigenvalue weighted by atomic mass is 10.1. The van der Waals surface area contributed by atoms with Crippen molar-refractivity contribution in [1.29, 1.82) is 0 Å². The zero-order valence-electron chi connectivity index (χ0n) is 34.3. The number of carbonyl (C=O) groups is 2. The molecule has 6 atom stereocenters. The number of aromatic nitrogens is 2. The Kier molecular flexibility index (Phi) is 11.3. The lowest BCUT2D eigenvalue weighted by Crippen LogP contribution is -2.53. The Morgan fingerprint density at radius 1 is 0.635 bits per heavy atom. The number of benzene rings is 3. The van der Waals surface area contributed by atoms with Crippen molar-refractivity contribution in [3.8, 4) is 11.5 Å². The fourth-order valence-electron chi connectivity index (χ4n) is 10.4. The Bertz CT molecular complexity index is 2490. The largest absolute Gasteiger partial charge is 0.506 e. The molecule has 6 saturated heterocycles. The number of pyridine rings is 2. The van der Waals surface area contributed by atoms with E-state index in [9.17, 15) is 23.5 Å². The number of amides is 2. The summed E-state index contributed by atoms with van der Waals surface area (Å²) in [6, 6.07) is 27.6. The molecule has 8 heterocycles. The second kappa shape index (κ2) is 17.2. The first kappa shape index (κ1) is 41.5. The predicted octanol–water partition coefficient (Wildman–Crippen LogP) is 7.17. The van der Waals surface area contributed by atoms with Crippen LogP contribution in [0.5, 0.6) is 11.5 Å². The van der Waals surface area contributed by atoms with Crippen LogP contribution in [0.2, 0.25) is 10.0 Å². The van der Waals surface area contributed by atoms with Gasteiger partial charge in [-0.1, -0.05) is 53.5 Å². The van der Waals surface area contributed by atoms with Gasteiger partial charge in [-0.15, -0.1) is 0 Å². The van der Waals surface area contributed by atoms with Crippen molar-refractivity contribution >= 4 is 58.0 Å². The smallest absolute Gasteiger partial charge is 0.244 e. The summed E-state index contributed by atoms with van der Waals surface area (Å²) < 4.78 is 33.6. The van der Waals surface area contributed by atoms with Gasteiger partial charge in [0.15, 0.2) is 0 Å². The van der Waals surface area contributed by atoms with Crippen LogP contribution in [0.1, 0.15) is 31.2 Å². The Hall–Kier alpha value is -5.54. The summed E-state index contributed by atoms with van der Waals surface area (Å²) in [4.78, 5) is 47.8. The number of ether oxygens (including phenoxy) is 1. The van der Waals surface area contributed by atoms with Crippen molar-refractivity contribution in [1.82, 2.24) is 19.8 Å². The molecule has 0 saturated carbocycles. The van der Waals surface area contributed by atoms with Crippen molar-refractivity contribution in [2.45, 2.75) is 68.5 Å². The van der Waals surface area contributed by atoms with Gasteiger partial charge >= 0.3 is 0 Å². The maximum atomic E-state index is 13.9.